The first-order chi connectivity index (χ1) is 13.2. The van der Waals surface area contributed by atoms with E-state index in [1.165, 1.54) is 0 Å². The Morgan fingerprint density at radius 3 is 2.63 bits per heavy atom. The summed E-state index contributed by atoms with van der Waals surface area (Å²) in [5.41, 5.74) is 1.62. The predicted molar refractivity (Wildman–Crippen MR) is 99.8 cm³/mol. The number of nitrogens with zero attached hydrogens (tertiary/aromatic N) is 1. The summed E-state index contributed by atoms with van der Waals surface area (Å²) in [6.07, 6.45) is 1.35. The fourth-order valence-corrected chi connectivity index (χ4v) is 3.33. The van der Waals surface area contributed by atoms with Gasteiger partial charge in [-0.15, -0.1) is 0 Å². The maximum absolute atomic E-state index is 12.4. The van der Waals surface area contributed by atoms with Gasteiger partial charge >= 0.3 is 0 Å². The molecule has 27 heavy (non-hydrogen) atoms. The van der Waals surface area contributed by atoms with Crippen LogP contribution in [0.4, 0.5) is 0 Å². The lowest BCUT2D eigenvalue weighted by molar-refractivity contribution is -0.128. The molecule has 0 unspecified atom stereocenters. The third kappa shape index (κ3) is 4.05. The average Bonchev–Trinajstić information content (AvgIpc) is 3.11. The molecule has 4 rings (SSSR count). The van der Waals surface area contributed by atoms with Crippen LogP contribution in [0.2, 0.25) is 0 Å². The summed E-state index contributed by atoms with van der Waals surface area (Å²) in [6, 6.07) is 14.9. The Morgan fingerprint density at radius 2 is 1.89 bits per heavy atom. The summed E-state index contributed by atoms with van der Waals surface area (Å²) < 4.78 is 11.5. The first kappa shape index (κ1) is 17.4. The van der Waals surface area contributed by atoms with E-state index in [4.69, 9.17) is 9.47 Å². The number of hydrogen-bond acceptors (Lipinski definition) is 4. The molecule has 2 aromatic rings. The van der Waals surface area contributed by atoms with Crippen LogP contribution in [0.25, 0.3) is 0 Å². The van der Waals surface area contributed by atoms with Gasteiger partial charge in [-0.25, -0.2) is 0 Å². The second-order valence-corrected chi connectivity index (χ2v) is 6.82. The van der Waals surface area contributed by atoms with Crippen LogP contribution < -0.4 is 14.8 Å². The van der Waals surface area contributed by atoms with E-state index < -0.39 is 0 Å². The Bertz CT molecular complexity index is 834. The van der Waals surface area contributed by atoms with Gasteiger partial charge in [0.25, 0.3) is 5.91 Å². The lowest BCUT2D eigenvalue weighted by Crippen LogP contribution is -2.40. The van der Waals surface area contributed by atoms with Crippen LogP contribution >= 0.6 is 0 Å². The molecule has 2 aliphatic rings. The summed E-state index contributed by atoms with van der Waals surface area (Å²) >= 11 is 0. The fraction of sp³-hybridized carbons (Fsp3) is 0.333. The molecule has 2 amide bonds. The van der Waals surface area contributed by atoms with E-state index in [2.05, 4.69) is 5.32 Å². The number of carbonyl (C=O) groups excluding carboxylic acids is 2. The van der Waals surface area contributed by atoms with Crippen LogP contribution in [0.1, 0.15) is 28.8 Å². The van der Waals surface area contributed by atoms with Crippen LogP contribution in [0.3, 0.4) is 0 Å². The fourth-order valence-electron chi connectivity index (χ4n) is 3.33. The number of benzene rings is 2. The molecule has 0 radical (unpaired) electrons. The summed E-state index contributed by atoms with van der Waals surface area (Å²) in [4.78, 5) is 25.9. The zero-order valence-electron chi connectivity index (χ0n) is 15.0. The molecule has 2 heterocycles. The maximum atomic E-state index is 12.4. The van der Waals surface area contributed by atoms with Gasteiger partial charge in [-0.05, 0) is 36.2 Å². The lowest BCUT2D eigenvalue weighted by Gasteiger charge is -2.26. The van der Waals surface area contributed by atoms with E-state index >= 15 is 0 Å². The number of fused-ring (bicyclic) bond motifs is 1. The van der Waals surface area contributed by atoms with Crippen molar-refractivity contribution in [3.63, 3.8) is 0 Å². The molecule has 6 heteroatoms. The van der Waals surface area contributed by atoms with Crippen molar-refractivity contribution in [3.05, 3.63) is 59.7 Å². The van der Waals surface area contributed by atoms with Gasteiger partial charge in [0.05, 0.1) is 6.54 Å². The van der Waals surface area contributed by atoms with E-state index in [0.29, 0.717) is 37.4 Å². The van der Waals surface area contributed by atoms with Crippen molar-refractivity contribution in [2.24, 2.45) is 0 Å². The largest absolute Gasteiger partial charge is 0.486 e. The SMILES string of the molecule is O=C(NC[C@@H]1COc2ccccc2O1)c1ccc(CN2CCCC2=O)cc1. The van der Waals surface area contributed by atoms with Crippen molar-refractivity contribution >= 4 is 11.8 Å². The Morgan fingerprint density at radius 1 is 1.11 bits per heavy atom. The molecule has 1 saturated heterocycles. The standard InChI is InChI=1S/C21H22N2O4/c24-20-6-3-11-23(20)13-15-7-9-16(10-8-15)21(25)22-12-17-14-26-18-4-1-2-5-19(18)27-17/h1-2,4-5,7-10,17H,3,6,11-14H2,(H,22,25)/t17-/m1/s1. The van der Waals surface area contributed by atoms with Crippen LogP contribution in [0, 0.1) is 0 Å². The number of rotatable bonds is 5. The molecule has 0 aromatic heterocycles. The zero-order valence-corrected chi connectivity index (χ0v) is 15.0. The zero-order chi connectivity index (χ0) is 18.6. The normalized spacial score (nSPS) is 18.4. The number of carbonyl (C=O) groups is 2. The number of nitrogens with one attached hydrogen (secondary N) is 1. The van der Waals surface area contributed by atoms with Crippen LogP contribution in [0.5, 0.6) is 11.5 Å². The van der Waals surface area contributed by atoms with E-state index in [-0.39, 0.29) is 17.9 Å². The van der Waals surface area contributed by atoms with Crippen molar-refractivity contribution in [3.8, 4) is 11.5 Å². The average molecular weight is 366 g/mol. The minimum atomic E-state index is -0.218. The Hall–Kier alpha value is -3.02. The first-order valence-corrected chi connectivity index (χ1v) is 9.22. The minimum Gasteiger partial charge on any atom is -0.486 e. The predicted octanol–water partition coefficient (Wildman–Crippen LogP) is 2.38. The van der Waals surface area contributed by atoms with Gasteiger partial charge in [0.2, 0.25) is 5.91 Å². The maximum Gasteiger partial charge on any atom is 0.251 e. The van der Waals surface area contributed by atoms with Crippen LogP contribution in [-0.2, 0) is 11.3 Å². The molecular formula is C21H22N2O4. The van der Waals surface area contributed by atoms with E-state index in [9.17, 15) is 9.59 Å². The van der Waals surface area contributed by atoms with Gasteiger partial charge < -0.3 is 19.7 Å². The van der Waals surface area contributed by atoms with E-state index in [0.717, 1.165) is 24.3 Å². The van der Waals surface area contributed by atoms with Gasteiger partial charge in [-0.2, -0.15) is 0 Å². The molecular weight excluding hydrogens is 344 g/mol. The second kappa shape index (κ2) is 7.70. The van der Waals surface area contributed by atoms with Gasteiger partial charge in [-0.3, -0.25) is 9.59 Å². The topological polar surface area (TPSA) is 67.9 Å². The van der Waals surface area contributed by atoms with Crippen molar-refractivity contribution in [1.29, 1.82) is 0 Å². The summed E-state index contributed by atoms with van der Waals surface area (Å²) in [5, 5.41) is 2.89. The third-order valence-electron chi connectivity index (χ3n) is 4.82. The Balaban J connectivity index is 1.29. The number of para-hydroxylation sites is 2. The Kier molecular flexibility index (Phi) is 4.96. The quantitative estimate of drug-likeness (QED) is 0.882. The van der Waals surface area contributed by atoms with Gasteiger partial charge in [0.15, 0.2) is 11.5 Å². The molecule has 1 N–H and O–H groups in total. The van der Waals surface area contributed by atoms with Gasteiger partial charge in [-0.1, -0.05) is 24.3 Å². The van der Waals surface area contributed by atoms with E-state index in [1.54, 1.807) is 12.1 Å². The smallest absolute Gasteiger partial charge is 0.251 e. The molecule has 140 valence electrons. The molecule has 0 aliphatic carbocycles. The summed E-state index contributed by atoms with van der Waals surface area (Å²) in [6.45, 7) is 2.19. The summed E-state index contributed by atoms with van der Waals surface area (Å²) in [7, 11) is 0. The monoisotopic (exact) mass is 366 g/mol. The van der Waals surface area contributed by atoms with E-state index in [1.807, 2.05) is 41.3 Å². The number of amides is 2. The number of hydrogen-bond donors (Lipinski definition) is 1. The first-order valence-electron chi connectivity index (χ1n) is 9.22. The van der Waals surface area contributed by atoms with Gasteiger partial charge in [0, 0.05) is 25.1 Å². The van der Waals surface area contributed by atoms with Crippen LogP contribution in [-0.4, -0.2) is 42.5 Å². The van der Waals surface area contributed by atoms with Crippen molar-refractivity contribution in [2.45, 2.75) is 25.5 Å². The minimum absolute atomic E-state index is 0.152. The van der Waals surface area contributed by atoms with Gasteiger partial charge in [0.1, 0.15) is 12.7 Å². The molecule has 1 fully saturated rings. The number of likely N-dealkylation sites (tertiary alicyclic amines) is 1. The van der Waals surface area contributed by atoms with Crippen molar-refractivity contribution in [1.82, 2.24) is 10.2 Å². The highest BCUT2D eigenvalue weighted by molar-refractivity contribution is 5.94. The van der Waals surface area contributed by atoms with Crippen LogP contribution in [0.15, 0.2) is 48.5 Å². The number of ether oxygens (including phenoxy) is 2. The molecule has 0 bridgehead atoms. The Labute approximate surface area is 158 Å². The molecule has 1 atom stereocenters. The molecule has 0 saturated carbocycles. The molecule has 0 spiro atoms. The highest BCUT2D eigenvalue weighted by Gasteiger charge is 2.22. The third-order valence-corrected chi connectivity index (χ3v) is 4.82. The molecule has 2 aliphatic heterocycles. The van der Waals surface area contributed by atoms with Crippen molar-refractivity contribution < 1.29 is 19.1 Å². The van der Waals surface area contributed by atoms with Crippen molar-refractivity contribution in [2.75, 3.05) is 19.7 Å². The second-order valence-electron chi connectivity index (χ2n) is 6.82. The lowest BCUT2D eigenvalue weighted by atomic mass is 10.1. The summed E-state index contributed by atoms with van der Waals surface area (Å²) in [5.74, 6) is 1.48. The molecule has 6 nitrogen and oxygen atoms in total. The molecule has 2 aromatic carbocycles. The highest BCUT2D eigenvalue weighted by atomic mass is 16.6. The highest BCUT2D eigenvalue weighted by Crippen LogP contribution is 2.30.